The highest BCUT2D eigenvalue weighted by Crippen LogP contribution is 2.39. The van der Waals surface area contributed by atoms with Crippen LogP contribution in [0.15, 0.2) is 27.9 Å². The zero-order valence-corrected chi connectivity index (χ0v) is 13.0. The molecule has 0 saturated carbocycles. The number of allylic oxidation sites excluding steroid dienone is 2. The number of carbonyl (C=O) groups is 1. The molecule has 1 N–H and O–H groups in total. The zero-order chi connectivity index (χ0) is 15.6. The Labute approximate surface area is 125 Å². The Balaban J connectivity index is 2.47. The van der Waals surface area contributed by atoms with E-state index in [9.17, 15) is 14.3 Å². The summed E-state index contributed by atoms with van der Waals surface area (Å²) in [5, 5.41) is 9.82. The van der Waals surface area contributed by atoms with E-state index in [1.165, 1.54) is 0 Å². The van der Waals surface area contributed by atoms with E-state index in [1.54, 1.807) is 0 Å². The van der Waals surface area contributed by atoms with Crippen molar-refractivity contribution in [2.24, 2.45) is 22.7 Å². The molecular weight excluding hydrogens is 269 g/mol. The van der Waals surface area contributed by atoms with Gasteiger partial charge in [0.2, 0.25) is 0 Å². The van der Waals surface area contributed by atoms with Crippen LogP contribution < -0.4 is 0 Å². The molecule has 3 nitrogen and oxygen atoms in total. The van der Waals surface area contributed by atoms with Crippen LogP contribution in [0.1, 0.15) is 40.0 Å². The molecule has 2 aliphatic rings. The molecule has 1 heterocycles. The van der Waals surface area contributed by atoms with Gasteiger partial charge in [0.15, 0.2) is 0 Å². The van der Waals surface area contributed by atoms with Crippen molar-refractivity contribution in [3.05, 3.63) is 22.9 Å². The summed E-state index contributed by atoms with van der Waals surface area (Å²) >= 11 is 0. The minimum atomic E-state index is -0.774. The van der Waals surface area contributed by atoms with Gasteiger partial charge < -0.3 is 9.90 Å². The van der Waals surface area contributed by atoms with Crippen molar-refractivity contribution in [3.63, 3.8) is 0 Å². The van der Waals surface area contributed by atoms with Gasteiger partial charge in [-0.1, -0.05) is 19.9 Å². The summed E-state index contributed by atoms with van der Waals surface area (Å²) in [6.45, 7) is 5.87. The van der Waals surface area contributed by atoms with Crippen molar-refractivity contribution in [3.8, 4) is 0 Å². The lowest BCUT2D eigenvalue weighted by molar-refractivity contribution is -0.110. The first kappa shape index (κ1) is 16.1. The molecule has 3 atom stereocenters. The molecule has 0 aromatic carbocycles. The third-order valence-corrected chi connectivity index (χ3v) is 4.55. The summed E-state index contributed by atoms with van der Waals surface area (Å²) in [5.74, 6) is -0.0565. The summed E-state index contributed by atoms with van der Waals surface area (Å²) in [4.78, 5) is 16.0. The van der Waals surface area contributed by atoms with Gasteiger partial charge in [0, 0.05) is 11.6 Å². The number of rotatable bonds is 4. The average Bonchev–Trinajstić information content (AvgIpc) is 2.46. The molecule has 0 bridgehead atoms. The molecule has 0 saturated heterocycles. The van der Waals surface area contributed by atoms with E-state index >= 15 is 0 Å². The highest BCUT2D eigenvalue weighted by Gasteiger charge is 2.35. The van der Waals surface area contributed by atoms with E-state index in [0.717, 1.165) is 28.8 Å². The molecule has 2 rings (SSSR count). The van der Waals surface area contributed by atoms with Gasteiger partial charge in [0.1, 0.15) is 12.5 Å². The minimum absolute atomic E-state index is 0.0241. The van der Waals surface area contributed by atoms with Crippen molar-refractivity contribution in [1.82, 2.24) is 0 Å². The Morgan fingerprint density at radius 1 is 1.52 bits per heavy atom. The van der Waals surface area contributed by atoms with Crippen LogP contribution in [0, 0.1) is 17.8 Å². The number of nitrogens with zero attached hydrogens (tertiary/aromatic N) is 1. The highest BCUT2D eigenvalue weighted by molar-refractivity contribution is 5.98. The fourth-order valence-electron chi connectivity index (χ4n) is 3.43. The summed E-state index contributed by atoms with van der Waals surface area (Å²) in [6.07, 6.45) is 3.62. The summed E-state index contributed by atoms with van der Waals surface area (Å²) < 4.78 is 13.3. The second kappa shape index (κ2) is 6.65. The second-order valence-electron chi connectivity index (χ2n) is 6.32. The lowest BCUT2D eigenvalue weighted by atomic mass is 9.73. The number of aldehydes is 1. The predicted octanol–water partition coefficient (Wildman–Crippen LogP) is 3.24. The molecule has 3 unspecified atom stereocenters. The van der Waals surface area contributed by atoms with Crippen LogP contribution in [0.5, 0.6) is 0 Å². The average molecular weight is 293 g/mol. The second-order valence-corrected chi connectivity index (χ2v) is 6.32. The predicted molar refractivity (Wildman–Crippen MR) is 81.9 cm³/mol. The third-order valence-electron chi connectivity index (χ3n) is 4.55. The van der Waals surface area contributed by atoms with Crippen LogP contribution in [0.2, 0.25) is 0 Å². The molecular formula is C17H24FNO2. The Bertz CT molecular complexity index is 505. The molecule has 116 valence electrons. The monoisotopic (exact) mass is 293 g/mol. The Kier molecular flexibility index (Phi) is 5.09. The van der Waals surface area contributed by atoms with Gasteiger partial charge in [-0.05, 0) is 43.3 Å². The maximum atomic E-state index is 13.3. The fourth-order valence-corrected chi connectivity index (χ4v) is 3.43. The fraction of sp³-hybridized carbons (Fsp3) is 0.647. The quantitative estimate of drug-likeness (QED) is 0.809. The van der Waals surface area contributed by atoms with E-state index in [1.807, 2.05) is 13.0 Å². The van der Waals surface area contributed by atoms with Crippen molar-refractivity contribution in [1.29, 1.82) is 0 Å². The van der Waals surface area contributed by atoms with Crippen molar-refractivity contribution < 1.29 is 14.3 Å². The smallest absolute Gasteiger partial charge is 0.129 e. The minimum Gasteiger partial charge on any atom is -0.392 e. The molecule has 1 aliphatic carbocycles. The van der Waals surface area contributed by atoms with E-state index in [4.69, 9.17) is 0 Å². The van der Waals surface area contributed by atoms with Crippen LogP contribution in [0.4, 0.5) is 4.39 Å². The number of carbonyl (C=O) groups excluding carboxylic acids is 1. The largest absolute Gasteiger partial charge is 0.392 e. The van der Waals surface area contributed by atoms with Crippen molar-refractivity contribution >= 4 is 12.0 Å². The number of aliphatic hydroxyl groups is 1. The number of halogens is 1. The molecule has 0 spiro atoms. The van der Waals surface area contributed by atoms with Gasteiger partial charge in [-0.15, -0.1) is 0 Å². The molecule has 0 fully saturated rings. The molecule has 0 aromatic rings. The van der Waals surface area contributed by atoms with Crippen molar-refractivity contribution in [2.75, 3.05) is 6.61 Å². The number of hydrogen-bond acceptors (Lipinski definition) is 3. The van der Waals surface area contributed by atoms with Crippen LogP contribution in [-0.4, -0.2) is 29.9 Å². The first-order chi connectivity index (χ1) is 9.99. The van der Waals surface area contributed by atoms with Crippen LogP contribution in [0.3, 0.4) is 0 Å². The maximum absolute atomic E-state index is 13.3. The van der Waals surface area contributed by atoms with Crippen LogP contribution in [0.25, 0.3) is 0 Å². The normalized spacial score (nSPS) is 30.3. The van der Waals surface area contributed by atoms with E-state index in [-0.39, 0.29) is 24.4 Å². The van der Waals surface area contributed by atoms with Crippen LogP contribution >= 0.6 is 0 Å². The highest BCUT2D eigenvalue weighted by atomic mass is 19.1. The summed E-state index contributed by atoms with van der Waals surface area (Å²) in [5.41, 5.74) is 3.43. The van der Waals surface area contributed by atoms with Crippen LogP contribution in [-0.2, 0) is 4.79 Å². The number of alkyl halides is 1. The third kappa shape index (κ3) is 3.15. The number of aliphatic imine (C=N–C) groups is 1. The van der Waals surface area contributed by atoms with E-state index in [2.05, 4.69) is 18.8 Å². The van der Waals surface area contributed by atoms with Gasteiger partial charge >= 0.3 is 0 Å². The molecule has 4 heteroatoms. The zero-order valence-electron chi connectivity index (χ0n) is 13.0. The van der Waals surface area contributed by atoms with Gasteiger partial charge in [-0.25, -0.2) is 4.39 Å². The Morgan fingerprint density at radius 3 is 2.71 bits per heavy atom. The lowest BCUT2D eigenvalue weighted by Crippen LogP contribution is -2.34. The standard InChI is InChI=1S/C17H24FNO2/c1-10(2)16-14(8-20)11(3)19-17(15(16)9-21)12-4-6-13(18)7-5-12/h4,8,10,13-14,16,21H,5-7,9H2,1-3H3. The molecule has 0 radical (unpaired) electrons. The Hall–Kier alpha value is -1.29. The van der Waals surface area contributed by atoms with Gasteiger partial charge in [0.05, 0.1) is 18.2 Å². The molecule has 1 aliphatic heterocycles. The van der Waals surface area contributed by atoms with Crippen molar-refractivity contribution in [2.45, 2.75) is 46.2 Å². The van der Waals surface area contributed by atoms with E-state index < -0.39 is 6.17 Å². The first-order valence-electron chi connectivity index (χ1n) is 7.67. The number of hydrogen-bond donors (Lipinski definition) is 1. The topological polar surface area (TPSA) is 49.7 Å². The molecule has 0 aromatic heterocycles. The first-order valence-corrected chi connectivity index (χ1v) is 7.67. The van der Waals surface area contributed by atoms with E-state index in [0.29, 0.717) is 19.3 Å². The number of aliphatic hydroxyl groups excluding tert-OH is 1. The summed E-state index contributed by atoms with van der Waals surface area (Å²) in [6, 6.07) is 0. The maximum Gasteiger partial charge on any atom is 0.129 e. The molecule has 21 heavy (non-hydrogen) atoms. The van der Waals surface area contributed by atoms with Gasteiger partial charge in [-0.2, -0.15) is 0 Å². The van der Waals surface area contributed by atoms with Gasteiger partial charge in [0.25, 0.3) is 0 Å². The Morgan fingerprint density at radius 2 is 2.24 bits per heavy atom. The van der Waals surface area contributed by atoms with Gasteiger partial charge in [-0.3, -0.25) is 4.99 Å². The summed E-state index contributed by atoms with van der Waals surface area (Å²) in [7, 11) is 0. The molecule has 0 amide bonds. The SMILES string of the molecule is CC1=NC(C2=CCC(F)CC2)=C(CO)C(C(C)C)C1C=O. The lowest BCUT2D eigenvalue weighted by Gasteiger charge is -2.34.